The van der Waals surface area contributed by atoms with E-state index in [2.05, 4.69) is 12.2 Å². The molecule has 0 radical (unpaired) electrons. The van der Waals surface area contributed by atoms with Gasteiger partial charge in [0.2, 0.25) is 0 Å². The number of ether oxygens (including phenoxy) is 3. The van der Waals surface area contributed by atoms with Gasteiger partial charge >= 0.3 is 0 Å². The van der Waals surface area contributed by atoms with Crippen molar-refractivity contribution in [2.24, 2.45) is 0 Å². The summed E-state index contributed by atoms with van der Waals surface area (Å²) < 4.78 is 30.6. The van der Waals surface area contributed by atoms with Gasteiger partial charge in [-0.3, -0.25) is 0 Å². The first kappa shape index (κ1) is 16.0. The molecule has 0 spiro atoms. The molecule has 2 atom stereocenters. The van der Waals surface area contributed by atoms with Crippen LogP contribution < -0.4 is 14.8 Å². The molecular weight excluding hydrogens is 273 g/mol. The van der Waals surface area contributed by atoms with Crippen LogP contribution >= 0.6 is 0 Å². The van der Waals surface area contributed by atoms with E-state index in [0.29, 0.717) is 17.1 Å². The summed E-state index contributed by atoms with van der Waals surface area (Å²) in [5, 5.41) is 3.40. The average molecular weight is 297 g/mol. The molecule has 1 heterocycles. The zero-order chi connectivity index (χ0) is 15.2. The number of rotatable bonds is 7. The van der Waals surface area contributed by atoms with Crippen LogP contribution in [0.25, 0.3) is 0 Å². The first-order valence-electron chi connectivity index (χ1n) is 7.47. The molecule has 118 valence electrons. The number of halogens is 1. The fourth-order valence-corrected chi connectivity index (χ4v) is 2.72. The Morgan fingerprint density at radius 2 is 2.05 bits per heavy atom. The van der Waals surface area contributed by atoms with Crippen LogP contribution in [0.15, 0.2) is 12.1 Å². The maximum atomic E-state index is 14.5. The van der Waals surface area contributed by atoms with E-state index in [1.807, 2.05) is 0 Å². The lowest BCUT2D eigenvalue weighted by atomic mass is 9.98. The van der Waals surface area contributed by atoms with Gasteiger partial charge in [-0.1, -0.05) is 6.92 Å². The third kappa shape index (κ3) is 3.66. The lowest BCUT2D eigenvalue weighted by Crippen LogP contribution is -2.33. The minimum absolute atomic E-state index is 0.00384. The molecule has 0 saturated carbocycles. The molecule has 0 aromatic heterocycles. The Labute approximate surface area is 125 Å². The van der Waals surface area contributed by atoms with Gasteiger partial charge in [-0.15, -0.1) is 0 Å². The topological polar surface area (TPSA) is 39.7 Å². The van der Waals surface area contributed by atoms with Crippen molar-refractivity contribution in [1.29, 1.82) is 0 Å². The van der Waals surface area contributed by atoms with Gasteiger partial charge in [-0.2, -0.15) is 0 Å². The highest BCUT2D eigenvalue weighted by atomic mass is 19.1. The zero-order valence-electron chi connectivity index (χ0n) is 12.9. The molecule has 1 aromatic carbocycles. The molecule has 2 unspecified atom stereocenters. The van der Waals surface area contributed by atoms with Gasteiger partial charge in [0.05, 0.1) is 26.4 Å². The van der Waals surface area contributed by atoms with E-state index in [1.54, 1.807) is 13.2 Å². The standard InChI is InChI=1S/C16H24FNO3/c1-4-7-18-16(13-6-5-8-21-13)11-9-14(19-2)15(20-3)10-12(11)17/h9-10,13,16,18H,4-8H2,1-3H3. The Hall–Kier alpha value is -1.33. The maximum Gasteiger partial charge on any atom is 0.163 e. The summed E-state index contributed by atoms with van der Waals surface area (Å²) in [6.07, 6.45) is 2.95. The molecule has 0 bridgehead atoms. The van der Waals surface area contributed by atoms with E-state index >= 15 is 0 Å². The van der Waals surface area contributed by atoms with Crippen LogP contribution in [-0.4, -0.2) is 33.5 Å². The predicted molar refractivity (Wildman–Crippen MR) is 79.5 cm³/mol. The number of hydrogen-bond donors (Lipinski definition) is 1. The van der Waals surface area contributed by atoms with E-state index < -0.39 is 0 Å². The number of nitrogens with one attached hydrogen (secondary N) is 1. The second-order valence-electron chi connectivity index (χ2n) is 5.21. The molecule has 1 N–H and O–H groups in total. The molecule has 21 heavy (non-hydrogen) atoms. The molecular formula is C16H24FNO3. The summed E-state index contributed by atoms with van der Waals surface area (Å²) in [7, 11) is 3.06. The molecule has 1 aliphatic heterocycles. The van der Waals surface area contributed by atoms with Crippen molar-refractivity contribution >= 4 is 0 Å². The SMILES string of the molecule is CCCNC(c1cc(OC)c(OC)cc1F)C1CCCO1. The smallest absolute Gasteiger partial charge is 0.163 e. The number of benzene rings is 1. The van der Waals surface area contributed by atoms with Gasteiger partial charge in [0.25, 0.3) is 0 Å². The Morgan fingerprint density at radius 3 is 2.62 bits per heavy atom. The highest BCUT2D eigenvalue weighted by Crippen LogP contribution is 2.35. The monoisotopic (exact) mass is 297 g/mol. The van der Waals surface area contributed by atoms with E-state index in [-0.39, 0.29) is 18.0 Å². The van der Waals surface area contributed by atoms with Gasteiger partial charge in [-0.05, 0) is 31.9 Å². The fraction of sp³-hybridized carbons (Fsp3) is 0.625. The molecule has 2 rings (SSSR count). The molecule has 1 fully saturated rings. The quantitative estimate of drug-likeness (QED) is 0.839. The van der Waals surface area contributed by atoms with E-state index in [1.165, 1.54) is 13.2 Å². The maximum absolute atomic E-state index is 14.5. The third-order valence-electron chi connectivity index (χ3n) is 3.79. The minimum Gasteiger partial charge on any atom is -0.493 e. The Bertz CT molecular complexity index is 461. The average Bonchev–Trinajstić information content (AvgIpc) is 3.02. The van der Waals surface area contributed by atoms with Crippen molar-refractivity contribution in [2.45, 2.75) is 38.3 Å². The van der Waals surface area contributed by atoms with Gasteiger partial charge in [0.1, 0.15) is 5.82 Å². The third-order valence-corrected chi connectivity index (χ3v) is 3.79. The Morgan fingerprint density at radius 1 is 1.33 bits per heavy atom. The van der Waals surface area contributed by atoms with Crippen molar-refractivity contribution in [3.8, 4) is 11.5 Å². The summed E-state index contributed by atoms with van der Waals surface area (Å²) >= 11 is 0. The molecule has 5 heteroatoms. The highest BCUT2D eigenvalue weighted by molar-refractivity contribution is 5.45. The Kier molecular flexibility index (Phi) is 5.82. The van der Waals surface area contributed by atoms with E-state index in [0.717, 1.165) is 32.4 Å². The molecule has 4 nitrogen and oxygen atoms in total. The molecule has 1 saturated heterocycles. The van der Waals surface area contributed by atoms with Crippen LogP contribution in [0.4, 0.5) is 4.39 Å². The largest absolute Gasteiger partial charge is 0.493 e. The second-order valence-corrected chi connectivity index (χ2v) is 5.21. The Balaban J connectivity index is 2.33. The molecule has 0 aliphatic carbocycles. The second kappa shape index (κ2) is 7.61. The van der Waals surface area contributed by atoms with Crippen LogP contribution in [0.1, 0.15) is 37.8 Å². The predicted octanol–water partition coefficient (Wildman–Crippen LogP) is 3.06. The van der Waals surface area contributed by atoms with Gasteiger partial charge < -0.3 is 19.5 Å². The van der Waals surface area contributed by atoms with Crippen molar-refractivity contribution in [3.63, 3.8) is 0 Å². The van der Waals surface area contributed by atoms with Crippen molar-refractivity contribution < 1.29 is 18.6 Å². The summed E-state index contributed by atoms with van der Waals surface area (Å²) in [4.78, 5) is 0. The van der Waals surface area contributed by atoms with Crippen molar-refractivity contribution in [2.75, 3.05) is 27.4 Å². The lowest BCUT2D eigenvalue weighted by Gasteiger charge is -2.26. The first-order valence-corrected chi connectivity index (χ1v) is 7.47. The van der Waals surface area contributed by atoms with Crippen LogP contribution in [0.5, 0.6) is 11.5 Å². The van der Waals surface area contributed by atoms with Crippen LogP contribution in [0.2, 0.25) is 0 Å². The normalized spacial score (nSPS) is 19.5. The summed E-state index contributed by atoms with van der Waals surface area (Å²) in [5.41, 5.74) is 0.577. The van der Waals surface area contributed by atoms with Crippen LogP contribution in [-0.2, 0) is 4.74 Å². The van der Waals surface area contributed by atoms with Gasteiger partial charge in [0.15, 0.2) is 11.5 Å². The molecule has 1 aromatic rings. The van der Waals surface area contributed by atoms with Gasteiger partial charge in [-0.25, -0.2) is 4.39 Å². The van der Waals surface area contributed by atoms with Crippen LogP contribution in [0, 0.1) is 5.82 Å². The number of hydrogen-bond acceptors (Lipinski definition) is 4. The van der Waals surface area contributed by atoms with E-state index in [4.69, 9.17) is 14.2 Å². The summed E-state index contributed by atoms with van der Waals surface area (Å²) in [5.74, 6) is 0.646. The van der Waals surface area contributed by atoms with Crippen molar-refractivity contribution in [1.82, 2.24) is 5.32 Å². The van der Waals surface area contributed by atoms with Crippen molar-refractivity contribution in [3.05, 3.63) is 23.5 Å². The molecule has 1 aliphatic rings. The minimum atomic E-state index is -0.295. The fourth-order valence-electron chi connectivity index (χ4n) is 2.72. The zero-order valence-corrected chi connectivity index (χ0v) is 12.9. The highest BCUT2D eigenvalue weighted by Gasteiger charge is 2.30. The summed E-state index contributed by atoms with van der Waals surface area (Å²) in [6, 6.07) is 2.93. The molecule has 0 amide bonds. The number of methoxy groups -OCH3 is 2. The van der Waals surface area contributed by atoms with E-state index in [9.17, 15) is 4.39 Å². The first-order chi connectivity index (χ1) is 10.2. The summed E-state index contributed by atoms with van der Waals surface area (Å²) in [6.45, 7) is 3.65. The van der Waals surface area contributed by atoms with Gasteiger partial charge in [0, 0.05) is 18.2 Å². The van der Waals surface area contributed by atoms with Crippen LogP contribution in [0.3, 0.4) is 0 Å². The lowest BCUT2D eigenvalue weighted by molar-refractivity contribution is 0.0770.